The van der Waals surface area contributed by atoms with Crippen molar-refractivity contribution in [3.05, 3.63) is 117 Å². The van der Waals surface area contributed by atoms with Gasteiger partial charge in [0.15, 0.2) is 0 Å². The molecule has 3 aromatic carbocycles. The highest BCUT2D eigenvalue weighted by molar-refractivity contribution is 6.02. The van der Waals surface area contributed by atoms with Crippen molar-refractivity contribution in [2.24, 2.45) is 0 Å². The van der Waals surface area contributed by atoms with E-state index in [0.29, 0.717) is 25.5 Å². The molecule has 3 heterocycles. The van der Waals surface area contributed by atoms with E-state index in [9.17, 15) is 10.1 Å². The number of pyridine rings is 1. The first-order valence-electron chi connectivity index (χ1n) is 13.3. The third kappa shape index (κ3) is 4.75. The lowest BCUT2D eigenvalue weighted by Gasteiger charge is -2.17. The van der Waals surface area contributed by atoms with Crippen LogP contribution in [0.2, 0.25) is 0 Å². The van der Waals surface area contributed by atoms with Gasteiger partial charge in [-0.1, -0.05) is 19.1 Å². The Kier molecular flexibility index (Phi) is 6.84. The van der Waals surface area contributed by atoms with Gasteiger partial charge in [0.25, 0.3) is 5.69 Å². The largest absolute Gasteiger partial charge is 0.497 e. The molecular weight excluding hydrogens is 520 g/mol. The number of fused-ring (bicyclic) bond motifs is 3. The first-order chi connectivity index (χ1) is 20.0. The minimum Gasteiger partial charge on any atom is -0.497 e. The van der Waals surface area contributed by atoms with Crippen molar-refractivity contribution in [2.75, 3.05) is 14.2 Å². The molecule has 9 nitrogen and oxygen atoms in total. The quantitative estimate of drug-likeness (QED) is 0.165. The van der Waals surface area contributed by atoms with Gasteiger partial charge >= 0.3 is 0 Å². The second kappa shape index (κ2) is 10.8. The monoisotopic (exact) mass is 548 g/mol. The van der Waals surface area contributed by atoms with Gasteiger partial charge in [-0.25, -0.2) is 4.98 Å². The lowest BCUT2D eigenvalue weighted by atomic mass is 9.86. The van der Waals surface area contributed by atoms with Crippen LogP contribution in [0.4, 0.5) is 5.69 Å². The number of nitrogens with zero attached hydrogens (tertiary/aromatic N) is 4. The molecule has 1 aliphatic rings. The predicted molar refractivity (Wildman–Crippen MR) is 156 cm³/mol. The average Bonchev–Trinajstić information content (AvgIpc) is 3.32. The summed E-state index contributed by atoms with van der Waals surface area (Å²) in [4.78, 5) is 15.7. The normalized spacial score (nSPS) is 13.5. The van der Waals surface area contributed by atoms with Gasteiger partial charge in [-0.15, -0.1) is 0 Å². The highest BCUT2D eigenvalue weighted by atomic mass is 16.6. The first-order valence-corrected chi connectivity index (χ1v) is 13.3. The number of hydrogen-bond donors (Lipinski definition) is 0. The summed E-state index contributed by atoms with van der Waals surface area (Å²) < 4.78 is 19.1. The Bertz CT molecular complexity index is 1820. The number of hydrogen-bond acceptors (Lipinski definition) is 7. The molecule has 41 heavy (non-hydrogen) atoms. The van der Waals surface area contributed by atoms with E-state index in [-0.39, 0.29) is 10.6 Å². The fourth-order valence-corrected chi connectivity index (χ4v) is 5.44. The molecule has 0 bridgehead atoms. The number of nitro groups is 1. The molecule has 0 aliphatic carbocycles. The number of nitro benzene ring substituents is 1. The molecule has 0 saturated carbocycles. The molecule has 0 radical (unpaired) electrons. The van der Waals surface area contributed by atoms with Crippen LogP contribution in [0.1, 0.15) is 41.2 Å². The summed E-state index contributed by atoms with van der Waals surface area (Å²) in [6, 6.07) is 20.6. The van der Waals surface area contributed by atoms with Crippen LogP contribution >= 0.6 is 0 Å². The fourth-order valence-electron chi connectivity index (χ4n) is 5.44. The van der Waals surface area contributed by atoms with Gasteiger partial charge in [0.1, 0.15) is 18.1 Å². The van der Waals surface area contributed by atoms with Crippen molar-refractivity contribution in [3.63, 3.8) is 0 Å². The van der Waals surface area contributed by atoms with Gasteiger partial charge in [0, 0.05) is 40.9 Å². The minimum absolute atomic E-state index is 0.0521. The van der Waals surface area contributed by atoms with Crippen molar-refractivity contribution in [2.45, 2.75) is 26.5 Å². The third-order valence-corrected chi connectivity index (χ3v) is 7.42. The molecule has 0 unspecified atom stereocenters. The molecule has 0 amide bonds. The van der Waals surface area contributed by atoms with E-state index in [4.69, 9.17) is 19.3 Å². The van der Waals surface area contributed by atoms with E-state index in [2.05, 4.69) is 24.0 Å². The molecule has 0 spiro atoms. The topological polar surface area (TPSA) is 102 Å². The molecule has 0 saturated heterocycles. The number of ether oxygens (including phenoxy) is 3. The van der Waals surface area contributed by atoms with Crippen LogP contribution in [0.3, 0.4) is 0 Å². The maximum atomic E-state index is 11.6. The molecule has 206 valence electrons. The summed E-state index contributed by atoms with van der Waals surface area (Å²) in [6.45, 7) is 2.89. The number of methoxy groups -OCH3 is 2. The van der Waals surface area contributed by atoms with Crippen LogP contribution in [0.5, 0.6) is 17.4 Å². The van der Waals surface area contributed by atoms with E-state index in [1.54, 1.807) is 32.5 Å². The Morgan fingerprint density at radius 3 is 2.71 bits per heavy atom. The summed E-state index contributed by atoms with van der Waals surface area (Å²) in [5.41, 5.74) is 7.53. The molecule has 0 atom stereocenters. The van der Waals surface area contributed by atoms with Crippen LogP contribution in [-0.4, -0.2) is 33.9 Å². The zero-order valence-corrected chi connectivity index (χ0v) is 23.0. The summed E-state index contributed by atoms with van der Waals surface area (Å²) >= 11 is 0. The summed E-state index contributed by atoms with van der Waals surface area (Å²) in [5.74, 6) is 1.98. The van der Waals surface area contributed by atoms with E-state index < -0.39 is 0 Å². The maximum Gasteiger partial charge on any atom is 0.270 e. The lowest BCUT2D eigenvalue weighted by molar-refractivity contribution is -0.384. The molecule has 5 aromatic rings. The van der Waals surface area contributed by atoms with E-state index in [1.165, 1.54) is 6.07 Å². The molecule has 0 N–H and O–H groups in total. The van der Waals surface area contributed by atoms with Crippen LogP contribution in [0.15, 0.2) is 79.1 Å². The van der Waals surface area contributed by atoms with Gasteiger partial charge in [-0.3, -0.25) is 14.8 Å². The maximum absolute atomic E-state index is 11.6. The summed E-state index contributed by atoms with van der Waals surface area (Å²) in [5, 5.41) is 17.3. The Labute approximate surface area is 236 Å². The van der Waals surface area contributed by atoms with Gasteiger partial charge in [-0.05, 0) is 70.7 Å². The molecule has 2 aromatic heterocycles. The predicted octanol–water partition coefficient (Wildman–Crippen LogP) is 6.67. The minimum atomic E-state index is -0.364. The van der Waals surface area contributed by atoms with Gasteiger partial charge in [-0.2, -0.15) is 5.10 Å². The third-order valence-electron chi connectivity index (χ3n) is 7.42. The number of rotatable bonds is 7. The van der Waals surface area contributed by atoms with Crippen molar-refractivity contribution in [1.82, 2.24) is 14.8 Å². The molecule has 0 fully saturated rings. The van der Waals surface area contributed by atoms with Crippen LogP contribution in [-0.2, 0) is 13.2 Å². The second-order valence-corrected chi connectivity index (χ2v) is 9.71. The molecule has 1 aliphatic heterocycles. The number of allylic oxidation sites excluding steroid dienone is 1. The zero-order valence-electron chi connectivity index (χ0n) is 23.0. The van der Waals surface area contributed by atoms with E-state index >= 15 is 0 Å². The summed E-state index contributed by atoms with van der Waals surface area (Å²) in [6.07, 6.45) is 4.22. The highest BCUT2D eigenvalue weighted by Gasteiger charge is 2.25. The van der Waals surface area contributed by atoms with Crippen molar-refractivity contribution in [1.29, 1.82) is 0 Å². The smallest absolute Gasteiger partial charge is 0.270 e. The molecule has 6 rings (SSSR count). The molecule has 9 heteroatoms. The molecular formula is C32H28N4O5. The Hall–Kier alpha value is -5.18. The van der Waals surface area contributed by atoms with E-state index in [0.717, 1.165) is 61.4 Å². The van der Waals surface area contributed by atoms with Gasteiger partial charge < -0.3 is 14.2 Å². The first kappa shape index (κ1) is 26.1. The Morgan fingerprint density at radius 1 is 1.05 bits per heavy atom. The average molecular weight is 549 g/mol. The van der Waals surface area contributed by atoms with E-state index in [1.807, 2.05) is 47.3 Å². The Balaban J connectivity index is 1.53. The number of aromatic nitrogens is 3. The van der Waals surface area contributed by atoms with Gasteiger partial charge in [0.2, 0.25) is 5.88 Å². The zero-order chi connectivity index (χ0) is 28.5. The van der Waals surface area contributed by atoms with Gasteiger partial charge in [0.05, 0.1) is 37.4 Å². The lowest BCUT2D eigenvalue weighted by Crippen LogP contribution is -2.05. The second-order valence-electron chi connectivity index (χ2n) is 9.71. The van der Waals surface area contributed by atoms with Crippen molar-refractivity contribution >= 4 is 27.7 Å². The van der Waals surface area contributed by atoms with Crippen LogP contribution in [0.25, 0.3) is 22.0 Å². The number of non-ortho nitro benzene ring substituents is 1. The van der Waals surface area contributed by atoms with Crippen molar-refractivity contribution in [3.8, 4) is 17.4 Å². The van der Waals surface area contributed by atoms with Crippen molar-refractivity contribution < 1.29 is 19.1 Å². The SMILES string of the molecule is CC/C(=C1\c2cc3cnn(Cc4ccc(OC)cc4OC)c3cc2COc2ncccc21)c1cccc([N+](=O)[O-])c1. The number of benzene rings is 3. The van der Waals surface area contributed by atoms with Crippen LogP contribution in [0, 0.1) is 10.1 Å². The standard InChI is InChI=1S/C32H28N4O5/c1-4-26(20-7-5-8-24(13-20)36(37)38)31-27-9-6-12-33-32(27)41-19-23-15-29-22(14-28(23)31)17-34-35(29)18-21-10-11-25(39-2)16-30(21)40-3/h5-17H,4,18-19H2,1-3H3/b31-26+. The van der Waals surface area contributed by atoms with Crippen LogP contribution < -0.4 is 14.2 Å². The fraction of sp³-hybridized carbons (Fsp3) is 0.188. The summed E-state index contributed by atoms with van der Waals surface area (Å²) in [7, 11) is 3.27. The highest BCUT2D eigenvalue weighted by Crippen LogP contribution is 2.43. The Morgan fingerprint density at radius 2 is 1.93 bits per heavy atom.